The maximum absolute atomic E-state index is 11.3. The van der Waals surface area contributed by atoms with Crippen molar-refractivity contribution in [2.75, 3.05) is 4.43 Å². The van der Waals surface area contributed by atoms with E-state index in [4.69, 9.17) is 4.74 Å². The maximum Gasteiger partial charge on any atom is 0.306 e. The lowest BCUT2D eigenvalue weighted by molar-refractivity contribution is -0.151. The van der Waals surface area contributed by atoms with E-state index in [1.54, 1.807) is 6.92 Å². The van der Waals surface area contributed by atoms with E-state index in [1.165, 1.54) is 0 Å². The van der Waals surface area contributed by atoms with Crippen LogP contribution in [0.2, 0.25) is 0 Å². The van der Waals surface area contributed by atoms with E-state index < -0.39 is 0 Å². The minimum Gasteiger partial charge on any atom is -0.458 e. The molecule has 1 aliphatic carbocycles. The first-order chi connectivity index (χ1) is 7.08. The van der Waals surface area contributed by atoms with Crippen LogP contribution in [0, 0.1) is 11.8 Å². The Morgan fingerprint density at radius 2 is 2.33 bits per heavy atom. The lowest BCUT2D eigenvalue weighted by atomic mass is 9.84. The SMILES string of the molecule is CC(=O)C[C@@H]1CC[C@H]2CC(=O)O[C@@]12CI. The van der Waals surface area contributed by atoms with Gasteiger partial charge in [0.15, 0.2) is 0 Å². The van der Waals surface area contributed by atoms with Gasteiger partial charge in [0.05, 0.1) is 6.42 Å². The van der Waals surface area contributed by atoms with Crippen LogP contribution in [0.25, 0.3) is 0 Å². The van der Waals surface area contributed by atoms with Crippen molar-refractivity contribution >= 4 is 34.3 Å². The fourth-order valence-electron chi connectivity index (χ4n) is 2.99. The summed E-state index contributed by atoms with van der Waals surface area (Å²) < 4.78 is 6.36. The number of Topliss-reactive ketones (excluding diaryl/α,β-unsaturated/α-hetero) is 1. The molecule has 0 spiro atoms. The van der Waals surface area contributed by atoms with Gasteiger partial charge in [-0.3, -0.25) is 4.79 Å². The highest BCUT2D eigenvalue weighted by molar-refractivity contribution is 14.1. The molecule has 0 aromatic rings. The van der Waals surface area contributed by atoms with Crippen LogP contribution in [0.3, 0.4) is 0 Å². The molecule has 2 rings (SSSR count). The Kier molecular flexibility index (Phi) is 3.05. The van der Waals surface area contributed by atoms with Gasteiger partial charge in [0, 0.05) is 22.7 Å². The average Bonchev–Trinajstić information content (AvgIpc) is 2.62. The highest BCUT2D eigenvalue weighted by Crippen LogP contribution is 2.51. The smallest absolute Gasteiger partial charge is 0.306 e. The van der Waals surface area contributed by atoms with Crippen molar-refractivity contribution in [3.05, 3.63) is 0 Å². The minimum atomic E-state index is -0.316. The van der Waals surface area contributed by atoms with Crippen molar-refractivity contribution in [3.63, 3.8) is 0 Å². The Balaban J connectivity index is 2.20. The number of rotatable bonds is 3. The monoisotopic (exact) mass is 322 g/mol. The predicted molar refractivity (Wildman–Crippen MR) is 63.8 cm³/mol. The van der Waals surface area contributed by atoms with Gasteiger partial charge in [0.1, 0.15) is 11.4 Å². The molecule has 0 aromatic heterocycles. The van der Waals surface area contributed by atoms with E-state index >= 15 is 0 Å². The van der Waals surface area contributed by atoms with Crippen LogP contribution in [0.1, 0.15) is 32.6 Å². The average molecular weight is 322 g/mol. The molecule has 0 radical (unpaired) electrons. The summed E-state index contributed by atoms with van der Waals surface area (Å²) in [4.78, 5) is 22.5. The second-order valence-electron chi connectivity index (χ2n) is 4.64. The minimum absolute atomic E-state index is 0.0788. The van der Waals surface area contributed by atoms with Crippen molar-refractivity contribution in [1.29, 1.82) is 0 Å². The molecule has 2 fully saturated rings. The number of halogens is 1. The Morgan fingerprint density at radius 1 is 1.60 bits per heavy atom. The zero-order chi connectivity index (χ0) is 11.1. The summed E-state index contributed by atoms with van der Waals surface area (Å²) in [7, 11) is 0. The fourth-order valence-corrected chi connectivity index (χ4v) is 4.39. The number of ketones is 1. The van der Waals surface area contributed by atoms with E-state index in [9.17, 15) is 9.59 Å². The first-order valence-electron chi connectivity index (χ1n) is 5.35. The molecule has 0 bridgehead atoms. The Bertz CT molecular complexity index is 302. The topological polar surface area (TPSA) is 43.4 Å². The van der Waals surface area contributed by atoms with Gasteiger partial charge in [0.2, 0.25) is 0 Å². The lowest BCUT2D eigenvalue weighted by Gasteiger charge is -2.31. The van der Waals surface area contributed by atoms with Crippen LogP contribution >= 0.6 is 22.6 Å². The summed E-state index contributed by atoms with van der Waals surface area (Å²) >= 11 is 2.28. The fraction of sp³-hybridized carbons (Fsp3) is 0.818. The van der Waals surface area contributed by atoms with Crippen LogP contribution in [0.4, 0.5) is 0 Å². The first-order valence-corrected chi connectivity index (χ1v) is 6.88. The van der Waals surface area contributed by atoms with Gasteiger partial charge in [-0.15, -0.1) is 0 Å². The molecule has 3 atom stereocenters. The van der Waals surface area contributed by atoms with Crippen molar-refractivity contribution < 1.29 is 14.3 Å². The van der Waals surface area contributed by atoms with E-state index in [1.807, 2.05) is 0 Å². The predicted octanol–water partition coefficient (Wildman–Crippen LogP) is 2.11. The molecule has 15 heavy (non-hydrogen) atoms. The number of hydrogen-bond donors (Lipinski definition) is 0. The van der Waals surface area contributed by atoms with E-state index in [0.717, 1.165) is 17.3 Å². The number of ether oxygens (including phenoxy) is 1. The first kappa shape index (κ1) is 11.4. The number of carbonyl (C=O) groups is 2. The van der Waals surface area contributed by atoms with Crippen LogP contribution in [-0.4, -0.2) is 21.8 Å². The molecule has 1 heterocycles. The second kappa shape index (κ2) is 4.03. The normalized spacial score (nSPS) is 38.9. The standard InChI is InChI=1S/C11H15IO3/c1-7(13)4-8-2-3-9-5-10(14)15-11(8,9)6-12/h8-9H,2-6H2,1H3/t8-,9-,11-/m0/s1. The van der Waals surface area contributed by atoms with Gasteiger partial charge in [-0.25, -0.2) is 0 Å². The molecule has 84 valence electrons. The molecule has 1 saturated carbocycles. The zero-order valence-corrected chi connectivity index (χ0v) is 11.0. The number of carbonyl (C=O) groups excluding carboxylic acids is 2. The molecule has 4 heteroatoms. The molecule has 0 N–H and O–H groups in total. The lowest BCUT2D eigenvalue weighted by Crippen LogP contribution is -2.40. The molecular weight excluding hydrogens is 307 g/mol. The van der Waals surface area contributed by atoms with Crippen molar-refractivity contribution in [3.8, 4) is 0 Å². The molecule has 0 aromatic carbocycles. The van der Waals surface area contributed by atoms with Gasteiger partial charge >= 0.3 is 5.97 Å². The maximum atomic E-state index is 11.3. The largest absolute Gasteiger partial charge is 0.458 e. The third-order valence-corrected chi connectivity index (χ3v) is 4.90. The quantitative estimate of drug-likeness (QED) is 0.454. The summed E-state index contributed by atoms with van der Waals surface area (Å²) in [6, 6.07) is 0. The Morgan fingerprint density at radius 3 is 2.93 bits per heavy atom. The number of alkyl halides is 1. The van der Waals surface area contributed by atoms with E-state index in [2.05, 4.69) is 22.6 Å². The second-order valence-corrected chi connectivity index (χ2v) is 5.41. The van der Waals surface area contributed by atoms with E-state index in [0.29, 0.717) is 18.8 Å². The summed E-state index contributed by atoms with van der Waals surface area (Å²) in [6.07, 6.45) is 3.18. The van der Waals surface area contributed by atoms with Gasteiger partial charge in [-0.05, 0) is 19.8 Å². The number of esters is 1. The molecule has 0 unspecified atom stereocenters. The van der Waals surface area contributed by atoms with Gasteiger partial charge < -0.3 is 9.53 Å². The van der Waals surface area contributed by atoms with Gasteiger partial charge in [-0.1, -0.05) is 22.6 Å². The van der Waals surface area contributed by atoms with Crippen molar-refractivity contribution in [2.24, 2.45) is 11.8 Å². The molecular formula is C11H15IO3. The van der Waals surface area contributed by atoms with Crippen LogP contribution in [0.5, 0.6) is 0 Å². The highest BCUT2D eigenvalue weighted by atomic mass is 127. The molecule has 1 saturated heterocycles. The number of hydrogen-bond acceptors (Lipinski definition) is 3. The molecule has 2 aliphatic rings. The summed E-state index contributed by atoms with van der Waals surface area (Å²) in [5.74, 6) is 0.729. The van der Waals surface area contributed by atoms with Crippen molar-refractivity contribution in [2.45, 2.75) is 38.2 Å². The van der Waals surface area contributed by atoms with Gasteiger partial charge in [0.25, 0.3) is 0 Å². The van der Waals surface area contributed by atoms with Crippen LogP contribution in [-0.2, 0) is 14.3 Å². The molecule has 0 amide bonds. The van der Waals surface area contributed by atoms with Crippen LogP contribution in [0.15, 0.2) is 0 Å². The van der Waals surface area contributed by atoms with Crippen LogP contribution < -0.4 is 0 Å². The van der Waals surface area contributed by atoms with E-state index in [-0.39, 0.29) is 23.3 Å². The third-order valence-electron chi connectivity index (χ3n) is 3.71. The molecule has 1 aliphatic heterocycles. The summed E-state index contributed by atoms with van der Waals surface area (Å²) in [5, 5.41) is 0. The van der Waals surface area contributed by atoms with Crippen molar-refractivity contribution in [1.82, 2.24) is 0 Å². The molecule has 3 nitrogen and oxygen atoms in total. The zero-order valence-electron chi connectivity index (χ0n) is 8.79. The summed E-state index contributed by atoms with van der Waals surface area (Å²) in [6.45, 7) is 1.62. The Hall–Kier alpha value is -0.130. The summed E-state index contributed by atoms with van der Waals surface area (Å²) in [5.41, 5.74) is -0.316. The van der Waals surface area contributed by atoms with Gasteiger partial charge in [-0.2, -0.15) is 0 Å². The highest BCUT2D eigenvalue weighted by Gasteiger charge is 2.57. The Labute approximate surface area is 103 Å². The number of fused-ring (bicyclic) bond motifs is 1. The third kappa shape index (κ3) is 1.81.